The lowest BCUT2D eigenvalue weighted by atomic mass is 9.72. The molecule has 1 aromatic heterocycles. The van der Waals surface area contributed by atoms with Crippen molar-refractivity contribution < 1.29 is 4.79 Å². The van der Waals surface area contributed by atoms with Gasteiger partial charge in [0, 0.05) is 24.1 Å². The van der Waals surface area contributed by atoms with Crippen LogP contribution in [0.3, 0.4) is 0 Å². The third-order valence-electron chi connectivity index (χ3n) is 6.54. The van der Waals surface area contributed by atoms with E-state index in [1.54, 1.807) is 0 Å². The maximum atomic E-state index is 12.9. The average molecular weight is 537 g/mol. The summed E-state index contributed by atoms with van der Waals surface area (Å²) in [5, 5.41) is 4.74. The van der Waals surface area contributed by atoms with Crippen LogP contribution in [0.5, 0.6) is 0 Å². The van der Waals surface area contributed by atoms with Crippen LogP contribution >= 0.6 is 46.4 Å². The Balaban J connectivity index is 1.43. The lowest BCUT2D eigenvalue weighted by Crippen LogP contribution is -2.49. The number of pyridine rings is 1. The monoisotopic (exact) mass is 535 g/mol. The van der Waals surface area contributed by atoms with Crippen molar-refractivity contribution >= 4 is 52.3 Å². The summed E-state index contributed by atoms with van der Waals surface area (Å²) in [7, 11) is 0. The van der Waals surface area contributed by atoms with Gasteiger partial charge < -0.3 is 10.2 Å². The van der Waals surface area contributed by atoms with Crippen LogP contribution < -0.4 is 5.32 Å². The van der Waals surface area contributed by atoms with Crippen LogP contribution in [0.4, 0.5) is 0 Å². The van der Waals surface area contributed by atoms with Gasteiger partial charge in [0.05, 0.1) is 10.0 Å². The minimum absolute atomic E-state index is 0.151. The van der Waals surface area contributed by atoms with Gasteiger partial charge in [0.25, 0.3) is 5.91 Å². The minimum atomic E-state index is -0.209. The van der Waals surface area contributed by atoms with E-state index in [4.69, 9.17) is 46.4 Å². The third kappa shape index (κ3) is 6.05. The molecule has 1 fully saturated rings. The van der Waals surface area contributed by atoms with E-state index >= 15 is 0 Å². The molecule has 3 aromatic rings. The van der Waals surface area contributed by atoms with Gasteiger partial charge in [-0.25, -0.2) is 4.98 Å². The molecule has 34 heavy (non-hydrogen) atoms. The molecule has 1 N–H and O–H groups in total. The number of likely N-dealkylation sites (tertiary alicyclic amines) is 1. The zero-order valence-electron chi connectivity index (χ0n) is 18.5. The summed E-state index contributed by atoms with van der Waals surface area (Å²) in [5.41, 5.74) is 2.56. The molecule has 1 aliphatic heterocycles. The van der Waals surface area contributed by atoms with Crippen LogP contribution in [0.2, 0.25) is 20.4 Å². The minimum Gasteiger partial charge on any atom is -0.351 e. The number of halogens is 4. The van der Waals surface area contributed by atoms with E-state index in [1.165, 1.54) is 17.7 Å². The van der Waals surface area contributed by atoms with Crippen molar-refractivity contribution in [2.24, 2.45) is 0 Å². The molecule has 4 rings (SSSR count). The maximum Gasteiger partial charge on any atom is 0.251 e. The van der Waals surface area contributed by atoms with Crippen LogP contribution in [0.15, 0.2) is 60.7 Å². The number of carbonyl (C=O) groups excluding carboxylic acids is 1. The van der Waals surface area contributed by atoms with Crippen LogP contribution in [-0.2, 0) is 11.8 Å². The van der Waals surface area contributed by atoms with E-state index in [2.05, 4.69) is 39.5 Å². The highest BCUT2D eigenvalue weighted by Crippen LogP contribution is 2.35. The molecule has 0 unspecified atom stereocenters. The summed E-state index contributed by atoms with van der Waals surface area (Å²) in [6, 6.07) is 19.2. The fraction of sp³-hybridized carbons (Fsp3) is 0.308. The summed E-state index contributed by atoms with van der Waals surface area (Å²) < 4.78 is 0. The van der Waals surface area contributed by atoms with Crippen molar-refractivity contribution in [1.29, 1.82) is 0 Å². The number of hydrogen-bond acceptors (Lipinski definition) is 3. The molecule has 2 heterocycles. The number of nitrogens with zero attached hydrogens (tertiary/aromatic N) is 2. The number of benzene rings is 2. The van der Waals surface area contributed by atoms with Crippen molar-refractivity contribution in [3.8, 4) is 0 Å². The number of carbonyl (C=O) groups is 1. The van der Waals surface area contributed by atoms with Gasteiger partial charge in [-0.1, -0.05) is 88.9 Å². The molecule has 0 bridgehead atoms. The van der Waals surface area contributed by atoms with Crippen molar-refractivity contribution in [2.45, 2.75) is 24.7 Å². The quantitative estimate of drug-likeness (QED) is 0.341. The number of rotatable bonds is 7. The first-order valence-electron chi connectivity index (χ1n) is 11.2. The Morgan fingerprint density at radius 1 is 0.941 bits per heavy atom. The predicted octanol–water partition coefficient (Wildman–Crippen LogP) is 6.70. The average Bonchev–Trinajstić information content (AvgIpc) is 2.84. The van der Waals surface area contributed by atoms with Crippen LogP contribution in [0.25, 0.3) is 0 Å². The Morgan fingerprint density at radius 2 is 1.62 bits per heavy atom. The lowest BCUT2D eigenvalue weighted by Gasteiger charge is -2.42. The standard InChI is InChI=1S/C26H25Cl4N3O/c27-21-8-4-5-18(24(21)30)9-12-33-13-10-26(11-14-33,20-6-2-1-3-7-20)17-31-25(34)19-15-22(28)32-23(29)16-19/h1-8,15-16H,9-14,17H2,(H,31,34). The van der Waals surface area contributed by atoms with Gasteiger partial charge in [-0.3, -0.25) is 4.79 Å². The Morgan fingerprint density at radius 3 is 2.29 bits per heavy atom. The molecule has 0 saturated carbocycles. The van der Waals surface area contributed by atoms with Crippen molar-refractivity contribution in [1.82, 2.24) is 15.2 Å². The number of piperidine rings is 1. The fourth-order valence-corrected chi connectivity index (χ4v) is 5.41. The van der Waals surface area contributed by atoms with Gasteiger partial charge in [-0.2, -0.15) is 0 Å². The summed E-state index contributed by atoms with van der Waals surface area (Å²) in [6.45, 7) is 3.29. The second-order valence-corrected chi connectivity index (χ2v) is 10.2. The number of hydrogen-bond donors (Lipinski definition) is 1. The molecule has 2 aromatic carbocycles. The topological polar surface area (TPSA) is 45.2 Å². The van der Waals surface area contributed by atoms with Crippen LogP contribution in [-0.4, -0.2) is 42.0 Å². The molecule has 0 atom stereocenters. The molecule has 0 spiro atoms. The Hall–Kier alpha value is -1.82. The first-order valence-corrected chi connectivity index (χ1v) is 12.7. The zero-order valence-corrected chi connectivity index (χ0v) is 21.6. The summed E-state index contributed by atoms with van der Waals surface area (Å²) in [6.07, 6.45) is 2.70. The molecule has 1 saturated heterocycles. The van der Waals surface area contributed by atoms with Gasteiger partial charge in [0.2, 0.25) is 0 Å². The number of nitrogens with one attached hydrogen (secondary N) is 1. The predicted molar refractivity (Wildman–Crippen MR) is 141 cm³/mol. The number of aromatic nitrogens is 1. The smallest absolute Gasteiger partial charge is 0.251 e. The molecular formula is C26H25Cl4N3O. The molecule has 178 valence electrons. The van der Waals surface area contributed by atoms with Crippen LogP contribution in [0.1, 0.15) is 34.3 Å². The Bertz CT molecular complexity index is 1130. The van der Waals surface area contributed by atoms with E-state index < -0.39 is 0 Å². The Kier molecular flexibility index (Phi) is 8.39. The highest BCUT2D eigenvalue weighted by atomic mass is 35.5. The molecule has 1 amide bonds. The zero-order chi connectivity index (χ0) is 24.1. The van der Waals surface area contributed by atoms with Crippen LogP contribution in [0, 0.1) is 0 Å². The van der Waals surface area contributed by atoms with Crippen molar-refractivity contribution in [2.75, 3.05) is 26.2 Å². The molecule has 1 aliphatic rings. The maximum absolute atomic E-state index is 12.9. The third-order valence-corrected chi connectivity index (χ3v) is 7.79. The molecule has 4 nitrogen and oxygen atoms in total. The van der Waals surface area contributed by atoms with E-state index in [0.29, 0.717) is 22.2 Å². The van der Waals surface area contributed by atoms with E-state index in [9.17, 15) is 4.79 Å². The van der Waals surface area contributed by atoms with Crippen molar-refractivity contribution in [3.05, 3.63) is 97.7 Å². The Labute approximate surface area is 220 Å². The van der Waals surface area contributed by atoms with Gasteiger partial charge in [0.1, 0.15) is 10.3 Å². The van der Waals surface area contributed by atoms with Crippen molar-refractivity contribution in [3.63, 3.8) is 0 Å². The molecule has 0 aliphatic carbocycles. The molecule has 8 heteroatoms. The highest BCUT2D eigenvalue weighted by molar-refractivity contribution is 6.42. The van der Waals surface area contributed by atoms with Gasteiger partial charge in [0.15, 0.2) is 0 Å². The SMILES string of the molecule is O=C(NCC1(c2ccccc2)CCN(CCc2cccc(Cl)c2Cl)CC1)c1cc(Cl)nc(Cl)c1. The number of amides is 1. The first kappa shape index (κ1) is 25.3. The summed E-state index contributed by atoms with van der Waals surface area (Å²) in [5.74, 6) is -0.209. The summed E-state index contributed by atoms with van der Waals surface area (Å²) in [4.78, 5) is 19.2. The van der Waals surface area contributed by atoms with E-state index in [-0.39, 0.29) is 21.6 Å². The van der Waals surface area contributed by atoms with Gasteiger partial charge in [-0.05, 0) is 61.7 Å². The molecule has 0 radical (unpaired) electrons. The highest BCUT2D eigenvalue weighted by Gasteiger charge is 2.36. The van der Waals surface area contributed by atoms with Gasteiger partial charge in [-0.15, -0.1) is 0 Å². The first-order chi connectivity index (χ1) is 16.4. The normalized spacial score (nSPS) is 15.8. The second kappa shape index (κ2) is 11.3. The van der Waals surface area contributed by atoms with E-state index in [1.807, 2.05) is 24.3 Å². The summed E-state index contributed by atoms with van der Waals surface area (Å²) >= 11 is 24.5. The lowest BCUT2D eigenvalue weighted by molar-refractivity contribution is 0.0922. The van der Waals surface area contributed by atoms with E-state index in [0.717, 1.165) is 44.5 Å². The van der Waals surface area contributed by atoms with Gasteiger partial charge >= 0.3 is 0 Å². The second-order valence-electron chi connectivity index (χ2n) is 8.63. The fourth-order valence-electron chi connectivity index (χ4n) is 4.53. The largest absolute Gasteiger partial charge is 0.351 e. The molecular weight excluding hydrogens is 512 g/mol.